The molecule has 7 nitrogen and oxygen atoms in total. The van der Waals surface area contributed by atoms with Crippen molar-refractivity contribution in [1.82, 2.24) is 9.97 Å². The van der Waals surface area contributed by atoms with Crippen LogP contribution in [0.5, 0.6) is 11.5 Å². The summed E-state index contributed by atoms with van der Waals surface area (Å²) in [6, 6.07) is 13.6. The van der Waals surface area contributed by atoms with E-state index >= 15 is 0 Å². The molecule has 0 radical (unpaired) electrons. The number of benzene rings is 1. The van der Waals surface area contributed by atoms with E-state index in [9.17, 15) is 9.90 Å². The van der Waals surface area contributed by atoms with E-state index in [4.69, 9.17) is 9.47 Å². The zero-order valence-electron chi connectivity index (χ0n) is 21.4. The van der Waals surface area contributed by atoms with Crippen molar-refractivity contribution in [3.63, 3.8) is 0 Å². The molecule has 7 heteroatoms. The number of rotatable bonds is 10. The van der Waals surface area contributed by atoms with E-state index in [1.807, 2.05) is 55.6 Å². The third kappa shape index (κ3) is 6.53. The summed E-state index contributed by atoms with van der Waals surface area (Å²) in [6.07, 6.45) is 6.33. The van der Waals surface area contributed by atoms with E-state index in [1.165, 1.54) is 0 Å². The molecule has 36 heavy (non-hydrogen) atoms. The third-order valence-electron chi connectivity index (χ3n) is 6.71. The maximum absolute atomic E-state index is 11.7. The number of carboxylic acid groups (broad SMARTS) is 1. The van der Waals surface area contributed by atoms with Crippen molar-refractivity contribution in [2.45, 2.75) is 46.5 Å². The van der Waals surface area contributed by atoms with Crippen molar-refractivity contribution in [3.05, 3.63) is 66.1 Å². The second-order valence-corrected chi connectivity index (χ2v) is 10.0. The molecule has 1 aliphatic rings. The lowest BCUT2D eigenvalue weighted by Gasteiger charge is -2.40. The van der Waals surface area contributed by atoms with Crippen LogP contribution >= 0.6 is 0 Å². The number of piperidine rings is 1. The highest BCUT2D eigenvalue weighted by atomic mass is 16.5. The summed E-state index contributed by atoms with van der Waals surface area (Å²) in [7, 11) is 0. The Morgan fingerprint density at radius 1 is 0.972 bits per heavy atom. The van der Waals surface area contributed by atoms with E-state index < -0.39 is 5.97 Å². The average molecular weight is 490 g/mol. The Balaban J connectivity index is 1.47. The lowest BCUT2D eigenvalue weighted by molar-refractivity contribution is -0.136. The third-order valence-corrected chi connectivity index (χ3v) is 6.71. The molecule has 1 fully saturated rings. The second-order valence-electron chi connectivity index (χ2n) is 10.0. The maximum Gasteiger partial charge on any atom is 0.307 e. The van der Waals surface area contributed by atoms with Gasteiger partial charge in [0.05, 0.1) is 37.2 Å². The predicted molar refractivity (Wildman–Crippen MR) is 141 cm³/mol. The molecule has 2 aromatic heterocycles. The van der Waals surface area contributed by atoms with Crippen LogP contribution in [0, 0.1) is 12.3 Å². The monoisotopic (exact) mass is 489 g/mol. The molecular formula is C29H35N3O4. The number of nitrogens with zero attached hydrogens (tertiary/aromatic N) is 3. The van der Waals surface area contributed by atoms with E-state index in [2.05, 4.69) is 28.7 Å². The summed E-state index contributed by atoms with van der Waals surface area (Å²) in [5.41, 5.74) is 4.36. The molecule has 190 valence electrons. The minimum absolute atomic E-state index is 0.0614. The zero-order chi connectivity index (χ0) is 25.5. The van der Waals surface area contributed by atoms with Gasteiger partial charge in [0.2, 0.25) is 0 Å². The highest BCUT2D eigenvalue weighted by Crippen LogP contribution is 2.39. The van der Waals surface area contributed by atoms with E-state index in [1.54, 1.807) is 6.20 Å². The molecule has 0 saturated carbocycles. The summed E-state index contributed by atoms with van der Waals surface area (Å²) in [4.78, 5) is 23.2. The van der Waals surface area contributed by atoms with Gasteiger partial charge in [0, 0.05) is 42.5 Å². The number of aryl methyl sites for hydroxylation is 1. The second kappa shape index (κ2) is 11.4. The Hall–Kier alpha value is -3.61. The van der Waals surface area contributed by atoms with E-state index in [0.717, 1.165) is 66.3 Å². The quantitative estimate of drug-likeness (QED) is 0.374. The van der Waals surface area contributed by atoms with Crippen molar-refractivity contribution in [1.29, 1.82) is 0 Å². The SMILES string of the molecule is Cc1ncc(-c2ccc(OCCCOc3ccccc3)cn2)c(N2CCC(C)(C)CC2)c1CC(=O)O. The smallest absolute Gasteiger partial charge is 0.307 e. The number of pyridine rings is 2. The van der Waals surface area contributed by atoms with Gasteiger partial charge >= 0.3 is 5.97 Å². The van der Waals surface area contributed by atoms with Crippen LogP contribution in [-0.2, 0) is 11.2 Å². The molecule has 0 spiro atoms. The number of hydrogen-bond donors (Lipinski definition) is 1. The molecule has 1 aromatic carbocycles. The number of carbonyl (C=O) groups is 1. The first kappa shape index (κ1) is 25.5. The topological polar surface area (TPSA) is 84.8 Å². The lowest BCUT2D eigenvalue weighted by Crippen LogP contribution is -2.38. The van der Waals surface area contributed by atoms with Crippen LogP contribution in [-0.4, -0.2) is 47.3 Å². The van der Waals surface area contributed by atoms with Crippen molar-refractivity contribution in [2.75, 3.05) is 31.2 Å². The predicted octanol–water partition coefficient (Wildman–Crippen LogP) is 5.55. The molecule has 0 bridgehead atoms. The van der Waals surface area contributed by atoms with Gasteiger partial charge in [-0.3, -0.25) is 14.8 Å². The zero-order valence-corrected chi connectivity index (χ0v) is 21.4. The molecule has 0 unspecified atom stereocenters. The molecular weight excluding hydrogens is 454 g/mol. The van der Waals surface area contributed by atoms with Crippen LogP contribution in [0.4, 0.5) is 5.69 Å². The van der Waals surface area contributed by atoms with Crippen LogP contribution in [0.25, 0.3) is 11.3 Å². The minimum Gasteiger partial charge on any atom is -0.493 e. The average Bonchev–Trinajstić information content (AvgIpc) is 2.86. The Bertz CT molecular complexity index is 1150. The molecule has 0 aliphatic carbocycles. The summed E-state index contributed by atoms with van der Waals surface area (Å²) in [5, 5.41) is 9.59. The largest absolute Gasteiger partial charge is 0.493 e. The molecule has 1 saturated heterocycles. The molecule has 0 amide bonds. The number of ether oxygens (including phenoxy) is 2. The summed E-state index contributed by atoms with van der Waals surface area (Å²) >= 11 is 0. The number of hydrogen-bond acceptors (Lipinski definition) is 6. The number of aromatic nitrogens is 2. The van der Waals surface area contributed by atoms with Crippen LogP contribution in [0.1, 0.15) is 44.4 Å². The molecule has 4 rings (SSSR count). The Morgan fingerprint density at radius 3 is 2.31 bits per heavy atom. The fourth-order valence-electron chi connectivity index (χ4n) is 4.46. The Labute approximate surface area is 213 Å². The molecule has 3 heterocycles. The fourth-order valence-corrected chi connectivity index (χ4v) is 4.46. The van der Waals surface area contributed by atoms with Gasteiger partial charge in [0.25, 0.3) is 0 Å². The van der Waals surface area contributed by atoms with Gasteiger partial charge in [0.1, 0.15) is 11.5 Å². The van der Waals surface area contributed by atoms with Gasteiger partial charge in [-0.2, -0.15) is 0 Å². The molecule has 3 aromatic rings. The Morgan fingerprint density at radius 2 is 1.67 bits per heavy atom. The van der Waals surface area contributed by atoms with Crippen molar-refractivity contribution < 1.29 is 19.4 Å². The van der Waals surface area contributed by atoms with E-state index in [-0.39, 0.29) is 11.8 Å². The van der Waals surface area contributed by atoms with Crippen molar-refractivity contribution in [3.8, 4) is 22.8 Å². The van der Waals surface area contributed by atoms with Crippen LogP contribution < -0.4 is 14.4 Å². The fraction of sp³-hybridized carbons (Fsp3) is 0.414. The number of para-hydroxylation sites is 1. The van der Waals surface area contributed by atoms with Crippen molar-refractivity contribution >= 4 is 11.7 Å². The summed E-state index contributed by atoms with van der Waals surface area (Å²) in [5.74, 6) is 0.680. The minimum atomic E-state index is -0.858. The van der Waals surface area contributed by atoms with Crippen LogP contribution in [0.15, 0.2) is 54.9 Å². The van der Waals surface area contributed by atoms with Crippen LogP contribution in [0.2, 0.25) is 0 Å². The van der Waals surface area contributed by atoms with Gasteiger partial charge < -0.3 is 19.5 Å². The van der Waals surface area contributed by atoms with Gasteiger partial charge in [-0.15, -0.1) is 0 Å². The summed E-state index contributed by atoms with van der Waals surface area (Å²) < 4.78 is 11.6. The highest BCUT2D eigenvalue weighted by molar-refractivity contribution is 5.83. The highest BCUT2D eigenvalue weighted by Gasteiger charge is 2.29. The van der Waals surface area contributed by atoms with Gasteiger partial charge in [0.15, 0.2) is 0 Å². The maximum atomic E-state index is 11.7. The van der Waals surface area contributed by atoms with Gasteiger partial charge in [-0.1, -0.05) is 32.0 Å². The number of anilines is 1. The first-order valence-electron chi connectivity index (χ1n) is 12.5. The number of carboxylic acids is 1. The van der Waals surface area contributed by atoms with Gasteiger partial charge in [-0.05, 0) is 49.4 Å². The van der Waals surface area contributed by atoms with E-state index in [0.29, 0.717) is 19.0 Å². The van der Waals surface area contributed by atoms with Crippen LogP contribution in [0.3, 0.4) is 0 Å². The van der Waals surface area contributed by atoms with Crippen molar-refractivity contribution in [2.24, 2.45) is 5.41 Å². The first-order chi connectivity index (χ1) is 17.3. The standard InChI is InChI=1S/C29H35N3O4/c1-21-24(18-27(33)34)28(32-14-12-29(2,3)13-15-32)25(20-30-21)26-11-10-23(19-31-26)36-17-7-16-35-22-8-5-4-6-9-22/h4-6,8-11,19-20H,7,12-18H2,1-3H3,(H,33,34). The normalized spacial score (nSPS) is 14.9. The molecule has 1 aliphatic heterocycles. The molecule has 0 atom stereocenters. The first-order valence-corrected chi connectivity index (χ1v) is 12.5. The summed E-state index contributed by atoms with van der Waals surface area (Å²) in [6.45, 7) is 9.31. The van der Waals surface area contributed by atoms with Gasteiger partial charge in [-0.25, -0.2) is 0 Å². The molecule has 1 N–H and O–H groups in total. The lowest BCUT2D eigenvalue weighted by atomic mass is 9.82. The number of aliphatic carboxylic acids is 1. The Kier molecular flexibility index (Phi) is 8.08.